The van der Waals surface area contributed by atoms with Crippen molar-refractivity contribution < 1.29 is 28.6 Å². The van der Waals surface area contributed by atoms with Gasteiger partial charge in [-0.2, -0.15) is 0 Å². The largest absolute Gasteiger partial charge is 0.493 e. The molecule has 1 N–H and O–H groups in total. The van der Waals surface area contributed by atoms with Crippen molar-refractivity contribution in [3.05, 3.63) is 87.0 Å². The molecule has 2 amide bonds. The van der Waals surface area contributed by atoms with Gasteiger partial charge in [0.05, 0.1) is 29.3 Å². The smallest absolute Gasteiger partial charge is 0.416 e. The number of benzene rings is 2. The molecule has 0 aliphatic carbocycles. The van der Waals surface area contributed by atoms with Crippen molar-refractivity contribution in [3.63, 3.8) is 0 Å². The van der Waals surface area contributed by atoms with Crippen LogP contribution in [-0.2, 0) is 33.5 Å². The third kappa shape index (κ3) is 8.61. The summed E-state index contributed by atoms with van der Waals surface area (Å²) in [5.41, 5.74) is 2.12. The molecule has 11 heteroatoms. The van der Waals surface area contributed by atoms with Crippen molar-refractivity contribution in [2.24, 2.45) is 0 Å². The summed E-state index contributed by atoms with van der Waals surface area (Å²) in [6.45, 7) is 6.47. The van der Waals surface area contributed by atoms with Crippen LogP contribution in [0.4, 0.5) is 10.6 Å². The Morgan fingerprint density at radius 1 is 1.02 bits per heavy atom. The molecule has 43 heavy (non-hydrogen) atoms. The maximum atomic E-state index is 12.8. The van der Waals surface area contributed by atoms with Gasteiger partial charge in [-0.25, -0.2) is 14.6 Å². The molecule has 4 rings (SSSR count). The van der Waals surface area contributed by atoms with Gasteiger partial charge >= 0.3 is 12.1 Å². The molecular formula is C32H35Cl2N3O6. The van der Waals surface area contributed by atoms with Crippen molar-refractivity contribution >= 4 is 47.0 Å². The van der Waals surface area contributed by atoms with E-state index in [1.807, 2.05) is 45.0 Å². The van der Waals surface area contributed by atoms with Crippen LogP contribution in [0.25, 0.3) is 0 Å². The molecule has 0 radical (unpaired) electrons. The lowest BCUT2D eigenvalue weighted by Gasteiger charge is -2.31. The maximum absolute atomic E-state index is 12.8. The molecule has 0 spiro atoms. The van der Waals surface area contributed by atoms with Gasteiger partial charge in [0.15, 0.2) is 0 Å². The van der Waals surface area contributed by atoms with E-state index in [9.17, 15) is 14.4 Å². The molecule has 2 aromatic carbocycles. The minimum Gasteiger partial charge on any atom is -0.493 e. The predicted octanol–water partition coefficient (Wildman–Crippen LogP) is 6.21. The number of fused-ring (bicyclic) bond motifs is 1. The van der Waals surface area contributed by atoms with E-state index in [0.717, 1.165) is 29.7 Å². The maximum Gasteiger partial charge on any atom is 0.416 e. The van der Waals surface area contributed by atoms with Crippen molar-refractivity contribution in [3.8, 4) is 5.75 Å². The van der Waals surface area contributed by atoms with Crippen molar-refractivity contribution in [1.82, 2.24) is 10.3 Å². The number of nitrogens with zero attached hydrogens (tertiary/aromatic N) is 2. The van der Waals surface area contributed by atoms with Gasteiger partial charge in [-0.05, 0) is 75.1 Å². The Morgan fingerprint density at radius 3 is 2.37 bits per heavy atom. The fourth-order valence-corrected chi connectivity index (χ4v) is 5.19. The lowest BCUT2D eigenvalue weighted by Crippen LogP contribution is -2.43. The summed E-state index contributed by atoms with van der Waals surface area (Å²) in [4.78, 5) is 44.4. The average molecular weight is 629 g/mol. The first-order valence-corrected chi connectivity index (χ1v) is 14.7. The van der Waals surface area contributed by atoms with E-state index < -0.39 is 29.6 Å². The van der Waals surface area contributed by atoms with Crippen LogP contribution in [0.15, 0.2) is 54.6 Å². The summed E-state index contributed by atoms with van der Waals surface area (Å²) >= 11 is 12.3. The first kappa shape index (κ1) is 32.1. The van der Waals surface area contributed by atoms with E-state index in [4.69, 9.17) is 42.4 Å². The average Bonchev–Trinajstić information content (AvgIpc) is 2.96. The molecule has 1 atom stereocenters. The van der Waals surface area contributed by atoms with Gasteiger partial charge in [-0.3, -0.25) is 9.69 Å². The molecule has 1 aromatic heterocycles. The normalized spacial score (nSPS) is 13.5. The zero-order valence-electron chi connectivity index (χ0n) is 24.6. The quantitative estimate of drug-likeness (QED) is 0.281. The minimum absolute atomic E-state index is 0.0921. The van der Waals surface area contributed by atoms with E-state index in [-0.39, 0.29) is 22.0 Å². The Morgan fingerprint density at radius 2 is 1.72 bits per heavy atom. The van der Waals surface area contributed by atoms with Crippen LogP contribution in [0.5, 0.6) is 5.75 Å². The molecule has 0 saturated carbocycles. The Hall–Kier alpha value is -3.82. The summed E-state index contributed by atoms with van der Waals surface area (Å²) in [6, 6.07) is 15.0. The summed E-state index contributed by atoms with van der Waals surface area (Å²) < 4.78 is 16.4. The number of amides is 2. The third-order valence-electron chi connectivity index (χ3n) is 6.68. The van der Waals surface area contributed by atoms with Crippen LogP contribution in [0, 0.1) is 0 Å². The number of nitrogens with one attached hydrogen (secondary N) is 1. The number of aryl methyl sites for hydroxylation is 1. The van der Waals surface area contributed by atoms with Crippen LogP contribution in [0.3, 0.4) is 0 Å². The highest BCUT2D eigenvalue weighted by Gasteiger charge is 2.29. The molecular weight excluding hydrogens is 593 g/mol. The number of hydrogen-bond donors (Lipinski definition) is 1. The Bertz CT molecular complexity index is 1450. The SMILES string of the molecule is COC(=O)[C@H](Cc1ccc(OCCc2ccc3c(n2)N(C(=O)OC(C)(C)C)CCC3)cc1)NC(=O)c1c(Cl)cccc1Cl. The molecule has 3 aromatic rings. The van der Waals surface area contributed by atoms with Gasteiger partial charge in [-0.1, -0.05) is 47.5 Å². The standard InChI is InChI=1S/C32H35Cl2N3O6/c1-32(2,3)43-31(40)37-17-6-7-21-12-13-22(35-28(21)37)16-18-42-23-14-10-20(11-15-23)19-26(30(39)41-4)36-29(38)27-24(33)8-5-9-25(27)34/h5,8-15,26H,6-7,16-19H2,1-4H3,(H,36,38)/t26-/m0/s1. The lowest BCUT2D eigenvalue weighted by molar-refractivity contribution is -0.142. The highest BCUT2D eigenvalue weighted by molar-refractivity contribution is 6.39. The third-order valence-corrected chi connectivity index (χ3v) is 7.31. The van der Waals surface area contributed by atoms with Gasteiger partial charge < -0.3 is 19.5 Å². The zero-order chi connectivity index (χ0) is 31.1. The fourth-order valence-electron chi connectivity index (χ4n) is 4.62. The van der Waals surface area contributed by atoms with E-state index in [2.05, 4.69) is 5.32 Å². The molecule has 0 fully saturated rings. The van der Waals surface area contributed by atoms with E-state index in [1.165, 1.54) is 7.11 Å². The molecule has 228 valence electrons. The van der Waals surface area contributed by atoms with E-state index in [1.54, 1.807) is 35.2 Å². The summed E-state index contributed by atoms with van der Waals surface area (Å²) in [5.74, 6) is 0.112. The first-order chi connectivity index (χ1) is 20.4. The predicted molar refractivity (Wildman–Crippen MR) is 165 cm³/mol. The minimum atomic E-state index is -0.952. The molecule has 0 saturated heterocycles. The lowest BCUT2D eigenvalue weighted by atomic mass is 10.0. The molecule has 9 nitrogen and oxygen atoms in total. The second kappa shape index (κ2) is 14.1. The van der Waals surface area contributed by atoms with E-state index >= 15 is 0 Å². The van der Waals surface area contributed by atoms with Crippen LogP contribution >= 0.6 is 23.2 Å². The number of ether oxygens (including phenoxy) is 3. The number of pyridine rings is 1. The number of halogens is 2. The van der Waals surface area contributed by atoms with Crippen molar-refractivity contribution in [2.45, 2.75) is 58.1 Å². The van der Waals surface area contributed by atoms with E-state index in [0.29, 0.717) is 31.1 Å². The molecule has 1 aliphatic rings. The summed E-state index contributed by atoms with van der Waals surface area (Å²) in [7, 11) is 1.26. The first-order valence-electron chi connectivity index (χ1n) is 14.0. The Kier molecular flexibility index (Phi) is 10.5. The molecule has 1 aliphatic heterocycles. The second-order valence-electron chi connectivity index (χ2n) is 11.1. The van der Waals surface area contributed by atoms with Gasteiger partial charge in [0.2, 0.25) is 0 Å². The van der Waals surface area contributed by atoms with Crippen molar-refractivity contribution in [2.75, 3.05) is 25.2 Å². The van der Waals surface area contributed by atoms with Crippen LogP contribution < -0.4 is 15.0 Å². The Balaban J connectivity index is 1.35. The summed E-state index contributed by atoms with van der Waals surface area (Å²) in [6.07, 6.45) is 2.05. The van der Waals surface area contributed by atoms with Crippen LogP contribution in [-0.4, -0.2) is 54.9 Å². The van der Waals surface area contributed by atoms with Gasteiger partial charge in [0.1, 0.15) is 23.2 Å². The fraction of sp³-hybridized carbons (Fsp3) is 0.375. The molecule has 0 unspecified atom stereocenters. The highest BCUT2D eigenvalue weighted by Crippen LogP contribution is 2.28. The Labute approximate surface area is 261 Å². The number of anilines is 1. The van der Waals surface area contributed by atoms with Gasteiger partial charge in [-0.15, -0.1) is 0 Å². The monoisotopic (exact) mass is 627 g/mol. The second-order valence-corrected chi connectivity index (χ2v) is 11.9. The number of methoxy groups -OCH3 is 1. The number of hydrogen-bond acceptors (Lipinski definition) is 7. The number of rotatable bonds is 9. The zero-order valence-corrected chi connectivity index (χ0v) is 26.1. The van der Waals surface area contributed by atoms with Gasteiger partial charge in [0, 0.05) is 25.1 Å². The molecule has 0 bridgehead atoms. The highest BCUT2D eigenvalue weighted by atomic mass is 35.5. The van der Waals surface area contributed by atoms with Crippen LogP contribution in [0.1, 0.15) is 54.4 Å². The summed E-state index contributed by atoms with van der Waals surface area (Å²) in [5, 5.41) is 3.03. The number of carbonyl (C=O) groups excluding carboxylic acids is 3. The number of carbonyl (C=O) groups is 3. The number of esters is 1. The van der Waals surface area contributed by atoms with Crippen LogP contribution in [0.2, 0.25) is 10.0 Å². The number of aromatic nitrogens is 1. The van der Waals surface area contributed by atoms with Crippen molar-refractivity contribution in [1.29, 1.82) is 0 Å². The topological polar surface area (TPSA) is 107 Å². The van der Waals surface area contributed by atoms with Gasteiger partial charge in [0.25, 0.3) is 5.91 Å². The molecule has 2 heterocycles.